The van der Waals surface area contributed by atoms with Gasteiger partial charge < -0.3 is 15.6 Å². The van der Waals surface area contributed by atoms with E-state index in [4.69, 9.17) is 27.2 Å². The van der Waals surface area contributed by atoms with Crippen LogP contribution in [0.1, 0.15) is 0 Å². The third-order valence-electron chi connectivity index (χ3n) is 1.18. The van der Waals surface area contributed by atoms with Gasteiger partial charge in [0.2, 0.25) is 5.88 Å². The minimum absolute atomic E-state index is 0.0657. The van der Waals surface area contributed by atoms with Crippen LogP contribution in [0, 0.1) is 0 Å². The largest absolute Gasteiger partial charge is 0.474 e. The van der Waals surface area contributed by atoms with Crippen LogP contribution in [0.3, 0.4) is 0 Å². The molecule has 0 unspecified atom stereocenters. The van der Waals surface area contributed by atoms with Crippen molar-refractivity contribution in [3.8, 4) is 5.88 Å². The third-order valence-corrected chi connectivity index (χ3v) is 1.38. The van der Waals surface area contributed by atoms with Crippen molar-refractivity contribution in [3.63, 3.8) is 0 Å². The van der Waals surface area contributed by atoms with E-state index in [0.717, 1.165) is 0 Å². The molecule has 1 aromatic heterocycles. The number of ether oxygens (including phenoxy) is 1. The molecule has 0 aliphatic heterocycles. The predicted molar refractivity (Wildman–Crippen MR) is 46.2 cm³/mol. The van der Waals surface area contributed by atoms with Crippen molar-refractivity contribution in [3.05, 3.63) is 17.3 Å². The molecule has 0 saturated heterocycles. The smallest absolute Gasteiger partial charge is 0.237 e. The monoisotopic (exact) mass is 188 g/mol. The fourth-order valence-electron chi connectivity index (χ4n) is 0.705. The Balaban J connectivity index is 2.72. The standard InChI is InChI=1S/C7H9ClN2O2/c8-5-3-6(9)7(10-4-5)12-2-1-11/h3-4,11H,1-2,9H2. The van der Waals surface area contributed by atoms with Crippen molar-refractivity contribution < 1.29 is 9.84 Å². The number of rotatable bonds is 3. The number of halogens is 1. The summed E-state index contributed by atoms with van der Waals surface area (Å²) in [6, 6.07) is 1.54. The number of anilines is 1. The maximum atomic E-state index is 8.45. The number of hydrogen-bond donors (Lipinski definition) is 2. The number of aromatic nitrogens is 1. The maximum Gasteiger partial charge on any atom is 0.237 e. The van der Waals surface area contributed by atoms with Gasteiger partial charge in [0.15, 0.2) is 0 Å². The summed E-state index contributed by atoms with van der Waals surface area (Å²) < 4.78 is 5.00. The van der Waals surface area contributed by atoms with Gasteiger partial charge in [-0.15, -0.1) is 0 Å². The Labute approximate surface area is 74.9 Å². The van der Waals surface area contributed by atoms with Crippen molar-refractivity contribution in [2.75, 3.05) is 18.9 Å². The van der Waals surface area contributed by atoms with Gasteiger partial charge in [0.05, 0.1) is 17.3 Å². The van der Waals surface area contributed by atoms with Crippen LogP contribution in [0.5, 0.6) is 5.88 Å². The molecule has 0 radical (unpaired) electrons. The lowest BCUT2D eigenvalue weighted by Gasteiger charge is -2.05. The van der Waals surface area contributed by atoms with Crippen LogP contribution in [-0.4, -0.2) is 23.3 Å². The van der Waals surface area contributed by atoms with Gasteiger partial charge in [0.1, 0.15) is 6.61 Å². The van der Waals surface area contributed by atoms with Gasteiger partial charge in [-0.2, -0.15) is 0 Å². The first kappa shape index (κ1) is 9.09. The lowest BCUT2D eigenvalue weighted by Crippen LogP contribution is -2.05. The Hall–Kier alpha value is -1.00. The topological polar surface area (TPSA) is 68.4 Å². The third kappa shape index (κ3) is 2.25. The Morgan fingerprint density at radius 1 is 1.67 bits per heavy atom. The second kappa shape index (κ2) is 4.13. The van der Waals surface area contributed by atoms with E-state index in [1.54, 1.807) is 6.07 Å². The molecule has 5 heteroatoms. The zero-order valence-corrected chi connectivity index (χ0v) is 7.08. The molecule has 0 amide bonds. The molecule has 0 bridgehead atoms. The highest BCUT2D eigenvalue weighted by atomic mass is 35.5. The Bertz CT molecular complexity index is 268. The number of aliphatic hydroxyl groups is 1. The Morgan fingerprint density at radius 3 is 3.00 bits per heavy atom. The number of hydrogen-bond acceptors (Lipinski definition) is 4. The number of nitrogens with zero attached hydrogens (tertiary/aromatic N) is 1. The minimum atomic E-state index is -0.0657. The van der Waals surface area contributed by atoms with Gasteiger partial charge >= 0.3 is 0 Å². The van der Waals surface area contributed by atoms with Crippen LogP contribution in [0.25, 0.3) is 0 Å². The fourth-order valence-corrected chi connectivity index (χ4v) is 0.872. The van der Waals surface area contributed by atoms with E-state index in [1.807, 2.05) is 0 Å². The summed E-state index contributed by atoms with van der Waals surface area (Å²) in [5.41, 5.74) is 5.88. The summed E-state index contributed by atoms with van der Waals surface area (Å²) in [6.45, 7) is 0.114. The summed E-state index contributed by atoms with van der Waals surface area (Å²) in [6.07, 6.45) is 1.44. The van der Waals surface area contributed by atoms with Crippen molar-refractivity contribution >= 4 is 17.3 Å². The van der Waals surface area contributed by atoms with Crippen LogP contribution in [0.15, 0.2) is 12.3 Å². The lowest BCUT2D eigenvalue weighted by molar-refractivity contribution is 0.197. The predicted octanol–water partition coefficient (Wildman–Crippen LogP) is 0.688. The van der Waals surface area contributed by atoms with Crippen molar-refractivity contribution in [2.24, 2.45) is 0 Å². The van der Waals surface area contributed by atoms with E-state index in [1.165, 1.54) is 6.20 Å². The average Bonchev–Trinajstić information content (AvgIpc) is 2.03. The molecule has 0 spiro atoms. The molecule has 12 heavy (non-hydrogen) atoms. The van der Waals surface area contributed by atoms with Gasteiger partial charge in [-0.3, -0.25) is 0 Å². The molecule has 0 atom stereocenters. The van der Waals surface area contributed by atoms with Crippen LogP contribution in [-0.2, 0) is 0 Å². The second-order valence-corrected chi connectivity index (χ2v) is 2.56. The number of pyridine rings is 1. The molecular weight excluding hydrogens is 180 g/mol. The molecule has 4 nitrogen and oxygen atoms in total. The van der Waals surface area contributed by atoms with Gasteiger partial charge in [0, 0.05) is 6.20 Å². The van der Waals surface area contributed by atoms with E-state index in [9.17, 15) is 0 Å². The molecule has 0 saturated carbocycles. The van der Waals surface area contributed by atoms with Crippen LogP contribution >= 0.6 is 11.6 Å². The molecule has 1 aromatic rings. The first-order chi connectivity index (χ1) is 5.74. The zero-order valence-electron chi connectivity index (χ0n) is 6.33. The highest BCUT2D eigenvalue weighted by molar-refractivity contribution is 6.30. The molecule has 1 heterocycles. The first-order valence-corrected chi connectivity index (χ1v) is 3.76. The minimum Gasteiger partial charge on any atom is -0.474 e. The van der Waals surface area contributed by atoms with Crippen LogP contribution in [0.4, 0.5) is 5.69 Å². The summed E-state index contributed by atoms with van der Waals surface area (Å²) in [5, 5.41) is 8.92. The fraction of sp³-hybridized carbons (Fsp3) is 0.286. The Kier molecular flexibility index (Phi) is 3.13. The summed E-state index contributed by atoms with van der Waals surface area (Å²) >= 11 is 5.60. The van der Waals surface area contributed by atoms with Gasteiger partial charge in [-0.25, -0.2) is 4.98 Å². The molecule has 0 fully saturated rings. The quantitative estimate of drug-likeness (QED) is 0.733. The molecule has 66 valence electrons. The first-order valence-electron chi connectivity index (χ1n) is 3.38. The second-order valence-electron chi connectivity index (χ2n) is 2.12. The van der Waals surface area contributed by atoms with Crippen molar-refractivity contribution in [1.82, 2.24) is 4.98 Å². The highest BCUT2D eigenvalue weighted by Crippen LogP contribution is 2.20. The van der Waals surface area contributed by atoms with Crippen LogP contribution < -0.4 is 10.5 Å². The van der Waals surface area contributed by atoms with Crippen molar-refractivity contribution in [2.45, 2.75) is 0 Å². The van der Waals surface area contributed by atoms with E-state index in [0.29, 0.717) is 16.6 Å². The summed E-state index contributed by atoms with van der Waals surface area (Å²) in [5.74, 6) is 0.299. The Morgan fingerprint density at radius 2 is 2.42 bits per heavy atom. The molecule has 0 aliphatic carbocycles. The zero-order chi connectivity index (χ0) is 8.97. The average molecular weight is 189 g/mol. The van der Waals surface area contributed by atoms with Crippen LogP contribution in [0.2, 0.25) is 5.02 Å². The van der Waals surface area contributed by atoms with Crippen molar-refractivity contribution in [1.29, 1.82) is 0 Å². The number of nitrogens with two attached hydrogens (primary N) is 1. The van der Waals surface area contributed by atoms with E-state index in [-0.39, 0.29) is 13.2 Å². The molecule has 0 aliphatic rings. The maximum absolute atomic E-state index is 8.45. The summed E-state index contributed by atoms with van der Waals surface area (Å²) in [4.78, 5) is 3.83. The summed E-state index contributed by atoms with van der Waals surface area (Å²) in [7, 11) is 0. The molecule has 0 aromatic carbocycles. The van der Waals surface area contributed by atoms with E-state index in [2.05, 4.69) is 4.98 Å². The van der Waals surface area contributed by atoms with Gasteiger partial charge in [-0.1, -0.05) is 11.6 Å². The molecule has 1 rings (SSSR count). The number of aliphatic hydroxyl groups excluding tert-OH is 1. The molecular formula is C7H9ClN2O2. The normalized spacial score (nSPS) is 9.83. The number of nitrogen functional groups attached to an aromatic ring is 1. The highest BCUT2D eigenvalue weighted by Gasteiger charge is 2.01. The molecule has 3 N–H and O–H groups in total. The SMILES string of the molecule is Nc1cc(Cl)cnc1OCCO. The van der Waals surface area contributed by atoms with Gasteiger partial charge in [0.25, 0.3) is 0 Å². The van der Waals surface area contributed by atoms with E-state index < -0.39 is 0 Å². The van der Waals surface area contributed by atoms with Gasteiger partial charge in [-0.05, 0) is 6.07 Å². The van der Waals surface area contributed by atoms with E-state index >= 15 is 0 Å². The lowest BCUT2D eigenvalue weighted by atomic mass is 10.4.